The summed E-state index contributed by atoms with van der Waals surface area (Å²) in [4.78, 5) is 15.1. The zero-order valence-corrected chi connectivity index (χ0v) is 20.6. The van der Waals surface area contributed by atoms with Crippen LogP contribution < -0.4 is 14.4 Å². The number of carbonyl (C=O) groups is 1. The number of hydrogen-bond donors (Lipinski definition) is 0. The van der Waals surface area contributed by atoms with Gasteiger partial charge in [-0.25, -0.2) is 0 Å². The predicted molar refractivity (Wildman–Crippen MR) is 140 cm³/mol. The first-order valence-electron chi connectivity index (χ1n) is 11.4. The van der Waals surface area contributed by atoms with Crippen molar-refractivity contribution < 1.29 is 14.3 Å². The smallest absolute Gasteiger partial charge is 0.185 e. The first kappa shape index (κ1) is 24.2. The van der Waals surface area contributed by atoms with Gasteiger partial charge in [0.25, 0.3) is 0 Å². The molecule has 0 N–H and O–H groups in total. The number of rotatable bonds is 8. The molecule has 0 radical (unpaired) electrons. The third kappa shape index (κ3) is 5.94. The van der Waals surface area contributed by atoms with E-state index in [1.54, 1.807) is 37.5 Å². The number of anilines is 1. The summed E-state index contributed by atoms with van der Waals surface area (Å²) in [5.41, 5.74) is 3.53. The van der Waals surface area contributed by atoms with Crippen LogP contribution in [0, 0.1) is 0 Å². The van der Waals surface area contributed by atoms with Crippen LogP contribution in [0.25, 0.3) is 6.08 Å². The molecule has 1 fully saturated rings. The van der Waals surface area contributed by atoms with Crippen LogP contribution in [0.4, 0.5) is 5.69 Å². The molecule has 0 bridgehead atoms. The quantitative estimate of drug-likeness (QED) is 0.240. The van der Waals surface area contributed by atoms with Crippen LogP contribution in [0.15, 0.2) is 66.7 Å². The number of piperidine rings is 1. The molecule has 3 aromatic carbocycles. The molecule has 1 heterocycles. The van der Waals surface area contributed by atoms with Crippen molar-refractivity contribution in [2.75, 3.05) is 25.1 Å². The highest BCUT2D eigenvalue weighted by molar-refractivity contribution is 6.37. The van der Waals surface area contributed by atoms with E-state index < -0.39 is 0 Å². The standard InChI is InChI=1S/C28H27Cl2NO3/c1-33-27-15-9-20(18-22(27)19-34-28-24(29)6-5-7-25(28)30)8-14-26(32)21-10-12-23(13-11-21)31-16-3-2-4-17-31/h5-15,18H,2-4,16-17,19H2,1H3/b14-8+. The van der Waals surface area contributed by atoms with Crippen molar-refractivity contribution in [3.8, 4) is 11.5 Å². The molecule has 0 amide bonds. The third-order valence-electron chi connectivity index (χ3n) is 5.90. The number of allylic oxidation sites excluding steroid dienone is 1. The topological polar surface area (TPSA) is 38.8 Å². The number of halogens is 2. The highest BCUT2D eigenvalue weighted by Crippen LogP contribution is 2.34. The molecule has 4 rings (SSSR count). The van der Waals surface area contributed by atoms with Gasteiger partial charge in [0, 0.05) is 29.9 Å². The van der Waals surface area contributed by atoms with E-state index in [1.807, 2.05) is 42.5 Å². The van der Waals surface area contributed by atoms with Crippen molar-refractivity contribution in [2.45, 2.75) is 25.9 Å². The SMILES string of the molecule is COc1ccc(/C=C/C(=O)c2ccc(N3CCCCC3)cc2)cc1COc1c(Cl)cccc1Cl. The summed E-state index contributed by atoms with van der Waals surface area (Å²) in [6, 6.07) is 18.8. The second-order valence-corrected chi connectivity index (χ2v) is 9.02. The lowest BCUT2D eigenvalue weighted by atomic mass is 10.1. The van der Waals surface area contributed by atoms with Crippen molar-refractivity contribution in [2.24, 2.45) is 0 Å². The fraction of sp³-hybridized carbons (Fsp3) is 0.250. The fourth-order valence-corrected chi connectivity index (χ4v) is 4.55. The van der Waals surface area contributed by atoms with E-state index in [2.05, 4.69) is 4.90 Å². The number of para-hydroxylation sites is 1. The minimum Gasteiger partial charge on any atom is -0.496 e. The summed E-state index contributed by atoms with van der Waals surface area (Å²) in [7, 11) is 1.61. The van der Waals surface area contributed by atoms with Gasteiger partial charge in [-0.2, -0.15) is 0 Å². The van der Waals surface area contributed by atoms with Crippen LogP contribution in [-0.2, 0) is 6.61 Å². The molecule has 1 aliphatic rings. The van der Waals surface area contributed by atoms with E-state index in [1.165, 1.54) is 24.9 Å². The van der Waals surface area contributed by atoms with Crippen molar-refractivity contribution in [1.29, 1.82) is 0 Å². The van der Waals surface area contributed by atoms with Crippen molar-refractivity contribution >= 4 is 40.7 Å². The summed E-state index contributed by atoms with van der Waals surface area (Å²) >= 11 is 12.4. The van der Waals surface area contributed by atoms with Gasteiger partial charge < -0.3 is 14.4 Å². The summed E-state index contributed by atoms with van der Waals surface area (Å²) in [6.45, 7) is 2.39. The molecule has 0 aliphatic carbocycles. The van der Waals surface area contributed by atoms with Crippen LogP contribution in [0.1, 0.15) is 40.7 Å². The van der Waals surface area contributed by atoms with Crippen LogP contribution in [0.5, 0.6) is 11.5 Å². The van der Waals surface area contributed by atoms with Gasteiger partial charge in [0.05, 0.1) is 17.2 Å². The Morgan fingerprint density at radius 2 is 1.68 bits per heavy atom. The van der Waals surface area contributed by atoms with E-state index in [0.29, 0.717) is 27.1 Å². The number of benzene rings is 3. The highest BCUT2D eigenvalue weighted by atomic mass is 35.5. The number of nitrogens with zero attached hydrogens (tertiary/aromatic N) is 1. The van der Waals surface area contributed by atoms with Crippen LogP contribution >= 0.6 is 23.2 Å². The van der Waals surface area contributed by atoms with E-state index in [9.17, 15) is 4.79 Å². The molecular formula is C28H27Cl2NO3. The molecule has 3 aromatic rings. The number of carbonyl (C=O) groups excluding carboxylic acids is 1. The Morgan fingerprint density at radius 1 is 0.971 bits per heavy atom. The van der Waals surface area contributed by atoms with Gasteiger partial charge >= 0.3 is 0 Å². The van der Waals surface area contributed by atoms with E-state index >= 15 is 0 Å². The zero-order valence-electron chi connectivity index (χ0n) is 19.1. The van der Waals surface area contributed by atoms with E-state index in [0.717, 1.165) is 24.2 Å². The first-order valence-corrected chi connectivity index (χ1v) is 12.1. The average Bonchev–Trinajstić information content (AvgIpc) is 2.87. The van der Waals surface area contributed by atoms with Gasteiger partial charge in [-0.1, -0.05) is 41.4 Å². The zero-order chi connectivity index (χ0) is 23.9. The molecule has 1 saturated heterocycles. The summed E-state index contributed by atoms with van der Waals surface area (Å²) < 4.78 is 11.3. The number of ketones is 1. The fourth-order valence-electron chi connectivity index (χ4n) is 4.04. The molecule has 34 heavy (non-hydrogen) atoms. The summed E-state index contributed by atoms with van der Waals surface area (Å²) in [6.07, 6.45) is 7.14. The van der Waals surface area contributed by atoms with Crippen LogP contribution in [0.3, 0.4) is 0 Å². The van der Waals surface area contributed by atoms with E-state index in [-0.39, 0.29) is 12.4 Å². The number of hydrogen-bond acceptors (Lipinski definition) is 4. The molecule has 0 atom stereocenters. The molecule has 0 unspecified atom stereocenters. The Kier molecular flexibility index (Phi) is 8.15. The Labute approximate surface area is 210 Å². The Bertz CT molecular complexity index is 1150. The minimum absolute atomic E-state index is 0.0401. The lowest BCUT2D eigenvalue weighted by molar-refractivity contribution is 0.104. The van der Waals surface area contributed by atoms with Crippen LogP contribution in [0.2, 0.25) is 10.0 Å². The lowest BCUT2D eigenvalue weighted by Crippen LogP contribution is -2.29. The maximum Gasteiger partial charge on any atom is 0.185 e. The summed E-state index contributed by atoms with van der Waals surface area (Å²) in [5, 5.41) is 0.888. The third-order valence-corrected chi connectivity index (χ3v) is 6.49. The Balaban J connectivity index is 1.44. The number of methoxy groups -OCH3 is 1. The first-order chi connectivity index (χ1) is 16.5. The van der Waals surface area contributed by atoms with Crippen molar-refractivity contribution in [3.63, 3.8) is 0 Å². The second kappa shape index (κ2) is 11.5. The molecule has 0 spiro atoms. The molecule has 1 aliphatic heterocycles. The molecule has 0 aromatic heterocycles. The van der Waals surface area contributed by atoms with Gasteiger partial charge in [-0.3, -0.25) is 4.79 Å². The van der Waals surface area contributed by atoms with Gasteiger partial charge in [-0.05, 0) is 79.4 Å². The van der Waals surface area contributed by atoms with Crippen molar-refractivity contribution in [1.82, 2.24) is 0 Å². The molecular weight excluding hydrogens is 469 g/mol. The molecule has 6 heteroatoms. The maximum absolute atomic E-state index is 12.7. The Morgan fingerprint density at radius 3 is 2.35 bits per heavy atom. The average molecular weight is 496 g/mol. The number of ether oxygens (including phenoxy) is 2. The Hall–Kier alpha value is -2.95. The minimum atomic E-state index is -0.0401. The van der Waals surface area contributed by atoms with Gasteiger partial charge in [0.15, 0.2) is 11.5 Å². The normalized spacial score (nSPS) is 13.8. The largest absolute Gasteiger partial charge is 0.496 e. The highest BCUT2D eigenvalue weighted by Gasteiger charge is 2.12. The monoisotopic (exact) mass is 495 g/mol. The van der Waals surface area contributed by atoms with E-state index in [4.69, 9.17) is 32.7 Å². The van der Waals surface area contributed by atoms with Crippen molar-refractivity contribution in [3.05, 3.63) is 93.5 Å². The van der Waals surface area contributed by atoms with Gasteiger partial charge in [0.1, 0.15) is 12.4 Å². The van der Waals surface area contributed by atoms with Gasteiger partial charge in [0.2, 0.25) is 0 Å². The lowest BCUT2D eigenvalue weighted by Gasteiger charge is -2.28. The molecule has 176 valence electrons. The summed E-state index contributed by atoms with van der Waals surface area (Å²) in [5.74, 6) is 1.07. The van der Waals surface area contributed by atoms with Gasteiger partial charge in [-0.15, -0.1) is 0 Å². The second-order valence-electron chi connectivity index (χ2n) is 8.20. The van der Waals surface area contributed by atoms with Crippen LogP contribution in [-0.4, -0.2) is 26.0 Å². The molecule has 0 saturated carbocycles. The maximum atomic E-state index is 12.7. The molecule has 4 nitrogen and oxygen atoms in total. The predicted octanol–water partition coefficient (Wildman–Crippen LogP) is 7.47.